The van der Waals surface area contributed by atoms with Crippen molar-refractivity contribution in [2.45, 2.75) is 38.5 Å². The summed E-state index contributed by atoms with van der Waals surface area (Å²) in [4.78, 5) is 17.1. The second kappa shape index (κ2) is 5.39. The molecule has 2 aromatic heterocycles. The van der Waals surface area contributed by atoms with E-state index in [4.69, 9.17) is 7.85 Å². The standard InChI is InChI=1S/C18H22BN3O/c1-22-10-13(15-14(19)5-9-20-16(15)22)17(23)21-11-18-6-2-12(3-7-18)4-8-18/h5,9-10,12H,2-4,6-8,11H2,1H3,(H,21,23). The summed E-state index contributed by atoms with van der Waals surface area (Å²) in [6.45, 7) is 0.787. The first kappa shape index (κ1) is 14.8. The van der Waals surface area contributed by atoms with Crippen molar-refractivity contribution in [3.8, 4) is 0 Å². The summed E-state index contributed by atoms with van der Waals surface area (Å²) >= 11 is 0. The maximum atomic E-state index is 12.7. The minimum Gasteiger partial charge on any atom is -0.351 e. The van der Waals surface area contributed by atoms with Gasteiger partial charge in [-0.25, -0.2) is 4.98 Å². The highest BCUT2D eigenvalue weighted by molar-refractivity contribution is 6.40. The summed E-state index contributed by atoms with van der Waals surface area (Å²) in [7, 11) is 7.97. The first-order valence-electron chi connectivity index (χ1n) is 8.56. The number of nitrogens with one attached hydrogen (secondary N) is 1. The lowest BCUT2D eigenvalue weighted by atomic mass is 9.61. The molecule has 2 bridgehead atoms. The van der Waals surface area contributed by atoms with Crippen LogP contribution in [0.4, 0.5) is 0 Å². The molecule has 1 N–H and O–H groups in total. The monoisotopic (exact) mass is 307 g/mol. The van der Waals surface area contributed by atoms with Crippen LogP contribution >= 0.6 is 0 Å². The molecule has 0 unspecified atom stereocenters. The average molecular weight is 307 g/mol. The maximum Gasteiger partial charge on any atom is 0.253 e. The Hall–Kier alpha value is -1.78. The molecule has 3 aliphatic rings. The summed E-state index contributed by atoms with van der Waals surface area (Å²) in [6, 6.07) is 1.75. The van der Waals surface area contributed by atoms with E-state index in [0.717, 1.165) is 23.5 Å². The molecule has 3 fully saturated rings. The Morgan fingerprint density at radius 2 is 2.09 bits per heavy atom. The molecule has 1 amide bonds. The lowest BCUT2D eigenvalue weighted by molar-refractivity contribution is 0.0598. The zero-order valence-corrected chi connectivity index (χ0v) is 13.6. The van der Waals surface area contributed by atoms with E-state index in [1.807, 2.05) is 17.8 Å². The van der Waals surface area contributed by atoms with Gasteiger partial charge in [0.05, 0.1) is 5.56 Å². The first-order chi connectivity index (χ1) is 11.1. The maximum absolute atomic E-state index is 12.7. The van der Waals surface area contributed by atoms with Gasteiger partial charge in [0.15, 0.2) is 0 Å². The molecule has 3 aliphatic carbocycles. The highest BCUT2D eigenvalue weighted by atomic mass is 16.1. The van der Waals surface area contributed by atoms with Gasteiger partial charge in [-0.1, -0.05) is 11.5 Å². The minimum absolute atomic E-state index is 0.0302. The number of fused-ring (bicyclic) bond motifs is 4. The number of amides is 1. The van der Waals surface area contributed by atoms with E-state index in [1.54, 1.807) is 12.3 Å². The second-order valence-electron chi connectivity index (χ2n) is 7.42. The van der Waals surface area contributed by atoms with Crippen molar-refractivity contribution in [1.29, 1.82) is 0 Å². The third-order valence-corrected chi connectivity index (χ3v) is 6.01. The van der Waals surface area contributed by atoms with Gasteiger partial charge in [-0.2, -0.15) is 0 Å². The summed E-state index contributed by atoms with van der Waals surface area (Å²) in [5.41, 5.74) is 2.33. The number of aryl methyl sites for hydroxylation is 1. The lowest BCUT2D eigenvalue weighted by Gasteiger charge is -2.46. The van der Waals surface area contributed by atoms with Gasteiger partial charge in [-0.3, -0.25) is 4.79 Å². The van der Waals surface area contributed by atoms with Gasteiger partial charge in [-0.15, -0.1) is 0 Å². The smallest absolute Gasteiger partial charge is 0.253 e. The number of hydrogen-bond acceptors (Lipinski definition) is 2. The van der Waals surface area contributed by atoms with Crippen molar-refractivity contribution in [3.63, 3.8) is 0 Å². The van der Waals surface area contributed by atoms with E-state index in [9.17, 15) is 4.79 Å². The van der Waals surface area contributed by atoms with Crippen LogP contribution in [0.1, 0.15) is 48.9 Å². The Kier molecular flexibility index (Phi) is 3.47. The summed E-state index contributed by atoms with van der Waals surface area (Å²) in [5, 5.41) is 3.94. The number of aromatic nitrogens is 2. The molecule has 0 saturated heterocycles. The van der Waals surface area contributed by atoms with Gasteiger partial charge in [0.1, 0.15) is 13.5 Å². The Labute approximate surface area is 138 Å². The van der Waals surface area contributed by atoms with Crippen molar-refractivity contribution in [3.05, 3.63) is 24.0 Å². The molecule has 4 nitrogen and oxygen atoms in total. The highest BCUT2D eigenvalue weighted by Gasteiger charge is 2.40. The predicted molar refractivity (Wildman–Crippen MR) is 92.1 cm³/mol. The normalized spacial score (nSPS) is 26.6. The molecule has 118 valence electrons. The van der Waals surface area contributed by atoms with Gasteiger partial charge in [0.2, 0.25) is 0 Å². The number of rotatable bonds is 3. The third-order valence-electron chi connectivity index (χ3n) is 6.01. The molecule has 5 heteroatoms. The molecule has 2 heterocycles. The van der Waals surface area contributed by atoms with Crippen LogP contribution in [-0.2, 0) is 7.05 Å². The molecule has 2 radical (unpaired) electrons. The van der Waals surface area contributed by atoms with Gasteiger partial charge >= 0.3 is 0 Å². The van der Waals surface area contributed by atoms with Gasteiger partial charge in [0.25, 0.3) is 5.91 Å². The molecule has 0 spiro atoms. The zero-order valence-electron chi connectivity index (χ0n) is 13.6. The van der Waals surface area contributed by atoms with Crippen LogP contribution in [0.25, 0.3) is 11.0 Å². The average Bonchev–Trinajstić information content (AvgIpc) is 2.93. The quantitative estimate of drug-likeness (QED) is 0.883. The molecule has 2 aromatic rings. The predicted octanol–water partition coefficient (Wildman–Crippen LogP) is 2.07. The van der Waals surface area contributed by atoms with Crippen LogP contribution in [0.3, 0.4) is 0 Å². The van der Waals surface area contributed by atoms with Crippen molar-refractivity contribution < 1.29 is 4.79 Å². The fourth-order valence-corrected chi connectivity index (χ4v) is 4.47. The number of carbonyl (C=O) groups is 1. The van der Waals surface area contributed by atoms with Gasteiger partial charge in [-0.05, 0) is 49.9 Å². The van der Waals surface area contributed by atoms with Crippen molar-refractivity contribution in [1.82, 2.24) is 14.9 Å². The van der Waals surface area contributed by atoms with E-state index >= 15 is 0 Å². The van der Waals surface area contributed by atoms with E-state index in [1.165, 1.54) is 38.5 Å². The molecular weight excluding hydrogens is 285 g/mol. The topological polar surface area (TPSA) is 46.9 Å². The number of pyridine rings is 1. The SMILES string of the molecule is [B]c1ccnc2c1c(C(=O)NCC13CCC(CC1)CC3)cn2C. The van der Waals surface area contributed by atoms with Crippen molar-refractivity contribution in [2.24, 2.45) is 18.4 Å². The highest BCUT2D eigenvalue weighted by Crippen LogP contribution is 2.49. The van der Waals surface area contributed by atoms with Gasteiger partial charge in [0, 0.05) is 31.4 Å². The van der Waals surface area contributed by atoms with Crippen LogP contribution < -0.4 is 10.8 Å². The fourth-order valence-electron chi connectivity index (χ4n) is 4.47. The Morgan fingerprint density at radius 1 is 1.39 bits per heavy atom. The van der Waals surface area contributed by atoms with Crippen LogP contribution in [0.2, 0.25) is 0 Å². The number of hydrogen-bond donors (Lipinski definition) is 1. The molecule has 5 rings (SSSR count). The second-order valence-corrected chi connectivity index (χ2v) is 7.42. The first-order valence-corrected chi connectivity index (χ1v) is 8.56. The summed E-state index contributed by atoms with van der Waals surface area (Å²) in [6.07, 6.45) is 11.3. The molecular formula is C18H22BN3O. The largest absolute Gasteiger partial charge is 0.351 e. The van der Waals surface area contributed by atoms with Crippen LogP contribution in [-0.4, -0.2) is 29.8 Å². The molecule has 0 aliphatic heterocycles. The molecule has 0 atom stereocenters. The molecule has 0 aromatic carbocycles. The van der Waals surface area contributed by atoms with Crippen molar-refractivity contribution in [2.75, 3.05) is 6.54 Å². The van der Waals surface area contributed by atoms with E-state index < -0.39 is 0 Å². The van der Waals surface area contributed by atoms with E-state index in [0.29, 0.717) is 16.4 Å². The van der Waals surface area contributed by atoms with Crippen molar-refractivity contribution >= 4 is 30.2 Å². The third kappa shape index (κ3) is 2.46. The van der Waals surface area contributed by atoms with Crippen LogP contribution in [0.15, 0.2) is 18.5 Å². The number of nitrogens with zero attached hydrogens (tertiary/aromatic N) is 2. The lowest BCUT2D eigenvalue weighted by Crippen LogP contribution is -2.43. The fraction of sp³-hybridized carbons (Fsp3) is 0.556. The summed E-state index contributed by atoms with van der Waals surface area (Å²) in [5.74, 6) is 0.911. The molecule has 23 heavy (non-hydrogen) atoms. The minimum atomic E-state index is -0.0302. The van der Waals surface area contributed by atoms with E-state index in [2.05, 4.69) is 10.3 Å². The molecule has 3 saturated carbocycles. The summed E-state index contributed by atoms with van der Waals surface area (Å²) < 4.78 is 1.87. The Morgan fingerprint density at radius 3 is 2.78 bits per heavy atom. The zero-order chi connectivity index (χ0) is 16.0. The van der Waals surface area contributed by atoms with Gasteiger partial charge < -0.3 is 9.88 Å². The van der Waals surface area contributed by atoms with Crippen LogP contribution in [0.5, 0.6) is 0 Å². The Bertz CT molecular complexity index is 745. The Balaban J connectivity index is 1.56. The number of carbonyl (C=O) groups excluding carboxylic acids is 1. The van der Waals surface area contributed by atoms with E-state index in [-0.39, 0.29) is 5.91 Å². The van der Waals surface area contributed by atoms with Crippen LogP contribution in [0, 0.1) is 11.3 Å².